The monoisotopic (exact) mass is 619 g/mol. The summed E-state index contributed by atoms with van der Waals surface area (Å²) in [4.78, 5) is 22.1. The van der Waals surface area contributed by atoms with Gasteiger partial charge in [-0.3, -0.25) is 4.79 Å². The molecule has 1 aromatic heterocycles. The number of amides is 1. The highest BCUT2D eigenvalue weighted by atomic mass is 35.5. The first-order valence-corrected chi connectivity index (χ1v) is 15.9. The van der Waals surface area contributed by atoms with Crippen LogP contribution in [0.5, 0.6) is 5.75 Å². The molecule has 1 amide bonds. The van der Waals surface area contributed by atoms with Gasteiger partial charge in [-0.15, -0.1) is 0 Å². The fourth-order valence-corrected chi connectivity index (χ4v) is 7.89. The quantitative estimate of drug-likeness (QED) is 0.413. The van der Waals surface area contributed by atoms with Gasteiger partial charge in [0.15, 0.2) is 0 Å². The third-order valence-electron chi connectivity index (χ3n) is 7.93. The standard InChI is InChI=1S/C29H35Cl2N5O4S/c1-19-17-20(2)33-27-21(19)5-4-6-24(27)40-18-22-23(30)7-8-25(26(22)31)41(38,39)34-29(9-13-35(3)14-10-29)28(37)36-15-11-32-12-16-36/h4-8,17,32,34H,9-16,18H2,1-3H3. The Morgan fingerprint density at radius 3 is 2.51 bits per heavy atom. The highest BCUT2D eigenvalue weighted by Crippen LogP contribution is 2.35. The maximum Gasteiger partial charge on any atom is 0.244 e. The van der Waals surface area contributed by atoms with Crippen LogP contribution < -0.4 is 14.8 Å². The normalized spacial score (nSPS) is 18.0. The van der Waals surface area contributed by atoms with Crippen LogP contribution in [-0.4, -0.2) is 81.0 Å². The van der Waals surface area contributed by atoms with Crippen LogP contribution in [0.1, 0.15) is 29.7 Å². The molecule has 0 atom stereocenters. The van der Waals surface area contributed by atoms with Gasteiger partial charge in [0.05, 0.1) is 5.02 Å². The summed E-state index contributed by atoms with van der Waals surface area (Å²) in [6.45, 7) is 7.45. The number of carbonyl (C=O) groups excluding carboxylic acids is 1. The SMILES string of the molecule is Cc1cc(C)c2cccc(OCc3c(Cl)ccc(S(=O)(=O)NC4(C(=O)N5CCNCC5)CCN(C)CC4)c3Cl)c2n1. The summed E-state index contributed by atoms with van der Waals surface area (Å²) in [5.41, 5.74) is 1.72. The molecule has 220 valence electrons. The van der Waals surface area contributed by atoms with Gasteiger partial charge in [-0.2, -0.15) is 4.72 Å². The summed E-state index contributed by atoms with van der Waals surface area (Å²) in [6, 6.07) is 10.5. The van der Waals surface area contributed by atoms with E-state index in [1.807, 2.05) is 45.2 Å². The van der Waals surface area contributed by atoms with Crippen molar-refractivity contribution >= 4 is 50.0 Å². The largest absolute Gasteiger partial charge is 0.487 e. The van der Waals surface area contributed by atoms with E-state index in [4.69, 9.17) is 27.9 Å². The molecule has 2 aliphatic rings. The minimum atomic E-state index is -4.21. The van der Waals surface area contributed by atoms with Gasteiger partial charge >= 0.3 is 0 Å². The predicted octanol–water partition coefficient (Wildman–Crippen LogP) is 3.91. The van der Waals surface area contributed by atoms with Crippen molar-refractivity contribution in [3.8, 4) is 5.75 Å². The van der Waals surface area contributed by atoms with E-state index in [-0.39, 0.29) is 27.5 Å². The molecule has 3 heterocycles. The van der Waals surface area contributed by atoms with Gasteiger partial charge in [-0.1, -0.05) is 35.3 Å². The molecule has 3 aromatic rings. The van der Waals surface area contributed by atoms with Crippen molar-refractivity contribution in [3.63, 3.8) is 0 Å². The molecule has 0 radical (unpaired) electrons. The molecule has 5 rings (SSSR count). The number of hydrogen-bond donors (Lipinski definition) is 2. The molecular formula is C29H35Cl2N5O4S. The number of pyridine rings is 1. The lowest BCUT2D eigenvalue weighted by molar-refractivity contribution is -0.140. The number of carbonyl (C=O) groups is 1. The first-order chi connectivity index (χ1) is 19.5. The van der Waals surface area contributed by atoms with E-state index in [9.17, 15) is 13.2 Å². The number of aromatic nitrogens is 1. The van der Waals surface area contributed by atoms with Crippen molar-refractivity contribution in [1.29, 1.82) is 0 Å². The Kier molecular flexibility index (Phi) is 8.80. The number of nitrogens with one attached hydrogen (secondary N) is 2. The number of benzene rings is 2. The molecular weight excluding hydrogens is 585 g/mol. The molecule has 2 fully saturated rings. The van der Waals surface area contributed by atoms with Crippen molar-refractivity contribution in [1.82, 2.24) is 24.8 Å². The van der Waals surface area contributed by atoms with Gasteiger partial charge in [-0.25, -0.2) is 13.4 Å². The van der Waals surface area contributed by atoms with Crippen LogP contribution in [0.4, 0.5) is 0 Å². The number of rotatable bonds is 7. The van der Waals surface area contributed by atoms with E-state index in [1.54, 1.807) is 4.90 Å². The Morgan fingerprint density at radius 2 is 1.80 bits per heavy atom. The first-order valence-electron chi connectivity index (χ1n) is 13.7. The molecule has 2 aromatic carbocycles. The third kappa shape index (κ3) is 6.18. The second-order valence-corrected chi connectivity index (χ2v) is 13.3. The average Bonchev–Trinajstić information content (AvgIpc) is 2.94. The highest BCUT2D eigenvalue weighted by Gasteiger charge is 2.46. The zero-order valence-electron chi connectivity index (χ0n) is 23.5. The molecule has 9 nitrogen and oxygen atoms in total. The summed E-state index contributed by atoms with van der Waals surface area (Å²) in [6.07, 6.45) is 0.721. The van der Waals surface area contributed by atoms with E-state index < -0.39 is 15.6 Å². The number of sulfonamides is 1. The fourth-order valence-electron chi connectivity index (χ4n) is 5.58. The topological polar surface area (TPSA) is 104 Å². The van der Waals surface area contributed by atoms with Gasteiger partial charge in [0, 0.05) is 60.9 Å². The number of hydrogen-bond acceptors (Lipinski definition) is 7. The van der Waals surface area contributed by atoms with Crippen molar-refractivity contribution < 1.29 is 17.9 Å². The number of nitrogens with zero attached hydrogens (tertiary/aromatic N) is 3. The number of piperazine rings is 1. The lowest BCUT2D eigenvalue weighted by atomic mass is 9.87. The van der Waals surface area contributed by atoms with Crippen molar-refractivity contribution in [2.24, 2.45) is 0 Å². The second-order valence-electron chi connectivity index (χ2n) is 10.9. The number of aryl methyl sites for hydroxylation is 2. The highest BCUT2D eigenvalue weighted by molar-refractivity contribution is 7.89. The van der Waals surface area contributed by atoms with Crippen LogP contribution in [0.15, 0.2) is 41.3 Å². The molecule has 0 saturated carbocycles. The number of para-hydroxylation sites is 1. The maximum absolute atomic E-state index is 13.9. The van der Waals surface area contributed by atoms with E-state index in [0.717, 1.165) is 16.6 Å². The number of piperidine rings is 1. The molecule has 0 aliphatic carbocycles. The molecule has 2 saturated heterocycles. The summed E-state index contributed by atoms with van der Waals surface area (Å²) in [5.74, 6) is 0.345. The zero-order chi connectivity index (χ0) is 29.4. The van der Waals surface area contributed by atoms with Crippen molar-refractivity contribution in [2.45, 2.75) is 43.7 Å². The summed E-state index contributed by atoms with van der Waals surface area (Å²) < 4.78 is 36.7. The fraction of sp³-hybridized carbons (Fsp3) is 0.448. The van der Waals surface area contributed by atoms with E-state index in [2.05, 4.69) is 19.9 Å². The average molecular weight is 621 g/mol. The van der Waals surface area contributed by atoms with Crippen LogP contribution >= 0.6 is 23.2 Å². The Hall–Kier alpha value is -2.47. The van der Waals surface area contributed by atoms with Crippen molar-refractivity contribution in [3.05, 3.63) is 63.3 Å². The molecule has 0 unspecified atom stereocenters. The lowest BCUT2D eigenvalue weighted by Crippen LogP contribution is -2.65. The Balaban J connectivity index is 1.44. The number of ether oxygens (including phenoxy) is 1. The number of halogens is 2. The van der Waals surface area contributed by atoms with E-state index in [1.165, 1.54) is 12.1 Å². The third-order valence-corrected chi connectivity index (χ3v) is 10.4. The molecule has 2 aliphatic heterocycles. The van der Waals surface area contributed by atoms with Crippen LogP contribution in [0, 0.1) is 13.8 Å². The number of likely N-dealkylation sites (tertiary alicyclic amines) is 1. The molecule has 41 heavy (non-hydrogen) atoms. The lowest BCUT2D eigenvalue weighted by Gasteiger charge is -2.43. The smallest absolute Gasteiger partial charge is 0.244 e. The minimum absolute atomic E-state index is 0.0387. The summed E-state index contributed by atoms with van der Waals surface area (Å²) in [7, 11) is -2.25. The van der Waals surface area contributed by atoms with Crippen LogP contribution in [0.2, 0.25) is 10.0 Å². The van der Waals surface area contributed by atoms with Gasteiger partial charge in [0.25, 0.3) is 0 Å². The van der Waals surface area contributed by atoms with E-state index >= 15 is 0 Å². The van der Waals surface area contributed by atoms with Gasteiger partial charge in [-0.05, 0) is 63.6 Å². The minimum Gasteiger partial charge on any atom is -0.487 e. The van der Waals surface area contributed by atoms with Gasteiger partial charge < -0.3 is 19.9 Å². The Morgan fingerprint density at radius 1 is 1.10 bits per heavy atom. The Bertz CT molecular complexity index is 1570. The molecule has 0 bridgehead atoms. The zero-order valence-corrected chi connectivity index (χ0v) is 25.8. The molecule has 12 heteroatoms. The first kappa shape index (κ1) is 30.0. The molecule has 0 spiro atoms. The van der Waals surface area contributed by atoms with Crippen LogP contribution in [0.25, 0.3) is 10.9 Å². The summed E-state index contributed by atoms with van der Waals surface area (Å²) >= 11 is 13.2. The maximum atomic E-state index is 13.9. The van der Waals surface area contributed by atoms with Crippen LogP contribution in [-0.2, 0) is 21.4 Å². The van der Waals surface area contributed by atoms with Gasteiger partial charge in [0.1, 0.15) is 28.3 Å². The number of fused-ring (bicyclic) bond motifs is 1. The van der Waals surface area contributed by atoms with E-state index in [0.29, 0.717) is 68.9 Å². The summed E-state index contributed by atoms with van der Waals surface area (Å²) in [5, 5.41) is 4.44. The van der Waals surface area contributed by atoms with Crippen molar-refractivity contribution in [2.75, 3.05) is 46.3 Å². The predicted molar refractivity (Wildman–Crippen MR) is 161 cm³/mol. The second kappa shape index (κ2) is 12.0. The Labute approximate surface area is 251 Å². The van der Waals surface area contributed by atoms with Gasteiger partial charge in [0.2, 0.25) is 15.9 Å². The molecule has 2 N–H and O–H groups in total. The van der Waals surface area contributed by atoms with Crippen LogP contribution in [0.3, 0.4) is 0 Å².